The van der Waals surface area contributed by atoms with Gasteiger partial charge in [-0.05, 0) is 24.6 Å². The highest BCUT2D eigenvalue weighted by Crippen LogP contribution is 2.33. The molecule has 1 aromatic carbocycles. The molecule has 0 saturated carbocycles. The summed E-state index contributed by atoms with van der Waals surface area (Å²) in [6.45, 7) is 2.35. The first-order valence-corrected chi connectivity index (χ1v) is 8.92. The fraction of sp³-hybridized carbons (Fsp3) is 0.300. The van der Waals surface area contributed by atoms with E-state index in [0.29, 0.717) is 6.54 Å². The average Bonchev–Trinajstić information content (AvgIpc) is 3.24. The lowest BCUT2D eigenvalue weighted by Crippen LogP contribution is -2.30. The van der Waals surface area contributed by atoms with Gasteiger partial charge in [-0.3, -0.25) is 4.98 Å². The summed E-state index contributed by atoms with van der Waals surface area (Å²) in [5.74, 6) is 0. The third-order valence-corrected chi connectivity index (χ3v) is 4.75. The number of aromatic nitrogens is 3. The van der Waals surface area contributed by atoms with E-state index in [1.165, 1.54) is 0 Å². The van der Waals surface area contributed by atoms with Gasteiger partial charge in [0.15, 0.2) is 6.23 Å². The standard InChI is InChI=1S/C20H22N4O3/c1-13-18(25)19(26)20(27-13)24-12-16(22-11-14-7-9-21-10-8-14)17(23-24)15-5-3-2-4-6-15/h2-10,12-13,18-20,22,25-26H,11H2,1H3/t13-,18+,19+,20+/m0/s1. The minimum absolute atomic E-state index is 0.456. The van der Waals surface area contributed by atoms with Crippen LogP contribution in [-0.4, -0.2) is 43.3 Å². The van der Waals surface area contributed by atoms with Gasteiger partial charge in [-0.1, -0.05) is 30.3 Å². The van der Waals surface area contributed by atoms with E-state index in [0.717, 1.165) is 22.5 Å². The zero-order valence-corrected chi connectivity index (χ0v) is 14.9. The Morgan fingerprint density at radius 2 is 1.81 bits per heavy atom. The van der Waals surface area contributed by atoms with Crippen LogP contribution in [0.15, 0.2) is 61.1 Å². The summed E-state index contributed by atoms with van der Waals surface area (Å²) in [4.78, 5) is 4.03. The van der Waals surface area contributed by atoms with E-state index in [1.807, 2.05) is 48.7 Å². The Kier molecular flexibility index (Phi) is 4.89. The van der Waals surface area contributed by atoms with E-state index >= 15 is 0 Å². The molecular formula is C20H22N4O3. The highest BCUT2D eigenvalue weighted by Gasteiger charge is 2.42. The van der Waals surface area contributed by atoms with Gasteiger partial charge in [0, 0.05) is 24.5 Å². The Morgan fingerprint density at radius 3 is 2.48 bits per heavy atom. The maximum Gasteiger partial charge on any atom is 0.179 e. The Labute approximate surface area is 157 Å². The second-order valence-corrected chi connectivity index (χ2v) is 6.66. The van der Waals surface area contributed by atoms with Crippen LogP contribution < -0.4 is 5.32 Å². The van der Waals surface area contributed by atoms with Crippen molar-refractivity contribution in [3.63, 3.8) is 0 Å². The SMILES string of the molecule is C[C@@H]1O[C@@H](n2cc(NCc3ccncc3)c(-c3ccccc3)n2)[C@H](O)[C@@H]1O. The van der Waals surface area contributed by atoms with Gasteiger partial charge >= 0.3 is 0 Å². The van der Waals surface area contributed by atoms with Crippen LogP contribution in [0.1, 0.15) is 18.7 Å². The zero-order chi connectivity index (χ0) is 18.8. The zero-order valence-electron chi connectivity index (χ0n) is 14.9. The molecule has 1 aliphatic heterocycles. The van der Waals surface area contributed by atoms with Crippen molar-refractivity contribution in [1.82, 2.24) is 14.8 Å². The second-order valence-electron chi connectivity index (χ2n) is 6.66. The molecule has 0 bridgehead atoms. The van der Waals surface area contributed by atoms with Gasteiger partial charge in [-0.25, -0.2) is 4.68 Å². The molecule has 1 saturated heterocycles. The van der Waals surface area contributed by atoms with E-state index in [2.05, 4.69) is 15.4 Å². The van der Waals surface area contributed by atoms with Gasteiger partial charge in [-0.15, -0.1) is 0 Å². The van der Waals surface area contributed by atoms with Gasteiger partial charge in [0.25, 0.3) is 0 Å². The number of nitrogens with one attached hydrogen (secondary N) is 1. The summed E-state index contributed by atoms with van der Waals surface area (Å²) in [5, 5.41) is 28.3. The summed E-state index contributed by atoms with van der Waals surface area (Å²) in [6.07, 6.45) is 2.16. The van der Waals surface area contributed by atoms with E-state index in [9.17, 15) is 10.2 Å². The molecule has 0 radical (unpaired) electrons. The topological polar surface area (TPSA) is 92.4 Å². The smallest absolute Gasteiger partial charge is 0.179 e. The number of rotatable bonds is 5. The number of ether oxygens (including phenoxy) is 1. The third-order valence-electron chi connectivity index (χ3n) is 4.75. The number of nitrogens with zero attached hydrogens (tertiary/aromatic N) is 3. The molecule has 3 N–H and O–H groups in total. The van der Waals surface area contributed by atoms with Crippen molar-refractivity contribution < 1.29 is 14.9 Å². The quantitative estimate of drug-likeness (QED) is 0.641. The van der Waals surface area contributed by atoms with E-state index in [4.69, 9.17) is 4.74 Å². The fourth-order valence-corrected chi connectivity index (χ4v) is 3.20. The van der Waals surface area contributed by atoms with E-state index < -0.39 is 24.5 Å². The van der Waals surface area contributed by atoms with Crippen LogP contribution in [0.25, 0.3) is 11.3 Å². The van der Waals surface area contributed by atoms with Crippen LogP contribution in [0, 0.1) is 0 Å². The predicted molar refractivity (Wildman–Crippen MR) is 101 cm³/mol. The normalized spacial score (nSPS) is 24.9. The molecule has 1 fully saturated rings. The molecule has 2 aromatic heterocycles. The third kappa shape index (κ3) is 3.57. The van der Waals surface area contributed by atoms with Crippen molar-refractivity contribution in [2.24, 2.45) is 0 Å². The van der Waals surface area contributed by atoms with Gasteiger partial charge in [0.2, 0.25) is 0 Å². The molecule has 7 heteroatoms. The van der Waals surface area contributed by atoms with Crippen LogP contribution in [0.3, 0.4) is 0 Å². The van der Waals surface area contributed by atoms with Crippen molar-refractivity contribution in [1.29, 1.82) is 0 Å². The van der Waals surface area contributed by atoms with Gasteiger partial charge in [-0.2, -0.15) is 5.10 Å². The Balaban J connectivity index is 1.65. The number of hydrogen-bond donors (Lipinski definition) is 3. The van der Waals surface area contributed by atoms with Gasteiger partial charge in [0.05, 0.1) is 18.0 Å². The maximum absolute atomic E-state index is 10.3. The Morgan fingerprint density at radius 1 is 1.07 bits per heavy atom. The van der Waals surface area contributed by atoms with Crippen LogP contribution in [0.4, 0.5) is 5.69 Å². The van der Waals surface area contributed by atoms with Crippen molar-refractivity contribution in [2.75, 3.05) is 5.32 Å². The first-order valence-electron chi connectivity index (χ1n) is 8.92. The number of aliphatic hydroxyl groups excluding tert-OH is 2. The maximum atomic E-state index is 10.3. The van der Waals surface area contributed by atoms with Crippen LogP contribution in [0.5, 0.6) is 0 Å². The molecule has 4 atom stereocenters. The molecule has 3 heterocycles. The van der Waals surface area contributed by atoms with Gasteiger partial charge < -0.3 is 20.3 Å². The molecular weight excluding hydrogens is 344 g/mol. The lowest BCUT2D eigenvalue weighted by atomic mass is 10.1. The number of pyridine rings is 1. The average molecular weight is 366 g/mol. The highest BCUT2D eigenvalue weighted by molar-refractivity contribution is 5.73. The minimum Gasteiger partial charge on any atom is -0.388 e. The van der Waals surface area contributed by atoms with Crippen molar-refractivity contribution in [2.45, 2.75) is 38.0 Å². The molecule has 7 nitrogen and oxygen atoms in total. The molecule has 4 rings (SSSR count). The molecule has 0 aliphatic carbocycles. The first kappa shape index (κ1) is 17.7. The lowest BCUT2D eigenvalue weighted by Gasteiger charge is -2.14. The lowest BCUT2D eigenvalue weighted by molar-refractivity contribution is -0.0395. The predicted octanol–water partition coefficient (Wildman–Crippen LogP) is 2.20. The summed E-state index contributed by atoms with van der Waals surface area (Å²) >= 11 is 0. The Bertz CT molecular complexity index is 885. The van der Waals surface area contributed by atoms with Crippen LogP contribution in [-0.2, 0) is 11.3 Å². The summed E-state index contributed by atoms with van der Waals surface area (Å²) in [7, 11) is 0. The number of anilines is 1. The second kappa shape index (κ2) is 7.48. The number of benzene rings is 1. The molecule has 140 valence electrons. The van der Waals surface area contributed by atoms with Crippen LogP contribution >= 0.6 is 0 Å². The summed E-state index contributed by atoms with van der Waals surface area (Å²) < 4.78 is 7.28. The molecule has 27 heavy (non-hydrogen) atoms. The Hall–Kier alpha value is -2.74. The van der Waals surface area contributed by atoms with Gasteiger partial charge in [0.1, 0.15) is 17.9 Å². The molecule has 1 aliphatic rings. The molecule has 0 amide bonds. The van der Waals surface area contributed by atoms with Crippen molar-refractivity contribution >= 4 is 5.69 Å². The minimum atomic E-state index is -1.03. The monoisotopic (exact) mass is 366 g/mol. The number of aliphatic hydroxyl groups is 2. The highest BCUT2D eigenvalue weighted by atomic mass is 16.6. The van der Waals surface area contributed by atoms with E-state index in [-0.39, 0.29) is 0 Å². The van der Waals surface area contributed by atoms with E-state index in [1.54, 1.807) is 24.0 Å². The largest absolute Gasteiger partial charge is 0.388 e. The van der Waals surface area contributed by atoms with Crippen molar-refractivity contribution in [3.8, 4) is 11.3 Å². The van der Waals surface area contributed by atoms with Crippen molar-refractivity contribution in [3.05, 3.63) is 66.6 Å². The molecule has 0 unspecified atom stereocenters. The fourth-order valence-electron chi connectivity index (χ4n) is 3.20. The summed E-state index contributed by atoms with van der Waals surface area (Å²) in [6, 6.07) is 13.7. The van der Waals surface area contributed by atoms with Crippen LogP contribution in [0.2, 0.25) is 0 Å². The number of hydrogen-bond acceptors (Lipinski definition) is 6. The molecule has 3 aromatic rings. The molecule has 0 spiro atoms. The summed E-state index contributed by atoms with van der Waals surface area (Å²) in [5.41, 5.74) is 3.63. The first-order chi connectivity index (χ1) is 13.1.